The Bertz CT molecular complexity index is 455. The molecule has 1 atom stereocenters. The van der Waals surface area contributed by atoms with Crippen LogP contribution in [0.1, 0.15) is 6.92 Å². The maximum atomic E-state index is 12.9. The van der Waals surface area contributed by atoms with E-state index < -0.39 is 11.6 Å². The number of rotatable bonds is 7. The highest BCUT2D eigenvalue weighted by molar-refractivity contribution is 5.78. The Hall–Kier alpha value is -1.89. The van der Waals surface area contributed by atoms with Gasteiger partial charge in [-0.15, -0.1) is 0 Å². The summed E-state index contributed by atoms with van der Waals surface area (Å²) in [7, 11) is 1.60. The summed E-state index contributed by atoms with van der Waals surface area (Å²) in [6.45, 7) is 2.94. The number of hydrogen-bond donors (Lipinski definition) is 2. The summed E-state index contributed by atoms with van der Waals surface area (Å²) in [6.07, 6.45) is 0. The molecule has 0 radical (unpaired) electrons. The van der Waals surface area contributed by atoms with Crippen molar-refractivity contribution in [3.8, 4) is 5.75 Å². The van der Waals surface area contributed by atoms with Crippen LogP contribution in [0.4, 0.5) is 8.78 Å². The van der Waals surface area contributed by atoms with Gasteiger partial charge >= 0.3 is 0 Å². The lowest BCUT2D eigenvalue weighted by Crippen LogP contribution is -2.40. The number of nitrogens with one attached hydrogen (secondary N) is 1. The fourth-order valence-corrected chi connectivity index (χ4v) is 1.49. The number of halogens is 2. The molecule has 0 spiro atoms. The van der Waals surface area contributed by atoms with Gasteiger partial charge in [-0.2, -0.15) is 0 Å². The third-order valence-electron chi connectivity index (χ3n) is 2.34. The van der Waals surface area contributed by atoms with Crippen molar-refractivity contribution in [3.05, 3.63) is 29.8 Å². The second-order valence-electron chi connectivity index (χ2n) is 4.19. The highest BCUT2D eigenvalue weighted by Gasteiger charge is 2.03. The summed E-state index contributed by atoms with van der Waals surface area (Å²) in [5, 5.41) is 2.93. The molecular weight excluding hydrogens is 268 g/mol. The van der Waals surface area contributed by atoms with Crippen LogP contribution in [-0.2, 0) is 4.74 Å². The van der Waals surface area contributed by atoms with Gasteiger partial charge in [0.2, 0.25) is 0 Å². The Morgan fingerprint density at radius 3 is 2.80 bits per heavy atom. The third kappa shape index (κ3) is 5.83. The number of hydrogen-bond acceptors (Lipinski definition) is 3. The predicted octanol–water partition coefficient (Wildman–Crippen LogP) is 1.28. The molecule has 0 saturated carbocycles. The van der Waals surface area contributed by atoms with Crippen LogP contribution in [0.2, 0.25) is 0 Å². The minimum Gasteiger partial charge on any atom is -0.492 e. The molecule has 1 aromatic rings. The monoisotopic (exact) mass is 287 g/mol. The van der Waals surface area contributed by atoms with E-state index in [1.165, 1.54) is 6.07 Å². The van der Waals surface area contributed by atoms with Crippen LogP contribution < -0.4 is 15.8 Å². The van der Waals surface area contributed by atoms with Crippen molar-refractivity contribution >= 4 is 5.96 Å². The lowest BCUT2D eigenvalue weighted by Gasteiger charge is -2.13. The molecule has 0 aliphatic carbocycles. The minimum atomic E-state index is -0.944. The number of nitrogens with two attached hydrogens (primary N) is 1. The molecule has 3 N–H and O–H groups in total. The van der Waals surface area contributed by atoms with Gasteiger partial charge in [0.15, 0.2) is 17.6 Å². The van der Waals surface area contributed by atoms with E-state index in [2.05, 4.69) is 10.3 Å². The summed E-state index contributed by atoms with van der Waals surface area (Å²) >= 11 is 0. The first-order valence-corrected chi connectivity index (χ1v) is 6.16. The van der Waals surface area contributed by atoms with Crippen molar-refractivity contribution < 1.29 is 18.3 Å². The first-order chi connectivity index (χ1) is 9.52. The first-order valence-electron chi connectivity index (χ1n) is 6.16. The van der Waals surface area contributed by atoms with E-state index >= 15 is 0 Å². The van der Waals surface area contributed by atoms with E-state index in [0.29, 0.717) is 13.2 Å². The molecule has 1 unspecified atom stereocenters. The van der Waals surface area contributed by atoms with Crippen LogP contribution in [0.5, 0.6) is 5.75 Å². The van der Waals surface area contributed by atoms with E-state index in [-0.39, 0.29) is 24.4 Å². The van der Waals surface area contributed by atoms with Gasteiger partial charge in [-0.25, -0.2) is 13.8 Å². The summed E-state index contributed by atoms with van der Waals surface area (Å²) in [6, 6.07) is 3.40. The van der Waals surface area contributed by atoms with Gasteiger partial charge in [0, 0.05) is 19.2 Å². The lowest BCUT2D eigenvalue weighted by atomic mass is 10.3. The molecule has 1 aromatic carbocycles. The zero-order chi connectivity index (χ0) is 15.0. The highest BCUT2D eigenvalue weighted by atomic mass is 19.2. The topological polar surface area (TPSA) is 68.9 Å². The molecule has 0 heterocycles. The van der Waals surface area contributed by atoms with Crippen molar-refractivity contribution in [1.82, 2.24) is 5.32 Å². The summed E-state index contributed by atoms with van der Waals surface area (Å²) in [4.78, 5) is 4.04. The van der Waals surface area contributed by atoms with E-state index in [1.807, 2.05) is 6.92 Å². The van der Waals surface area contributed by atoms with E-state index in [4.69, 9.17) is 15.2 Å². The molecule has 5 nitrogen and oxygen atoms in total. The Kier molecular flexibility index (Phi) is 6.72. The molecule has 0 bridgehead atoms. The fourth-order valence-electron chi connectivity index (χ4n) is 1.49. The summed E-state index contributed by atoms with van der Waals surface area (Å²) < 4.78 is 35.8. The number of nitrogens with zero attached hydrogens (tertiary/aromatic N) is 1. The number of aliphatic imine (C=N–C) groups is 1. The Morgan fingerprint density at radius 1 is 1.40 bits per heavy atom. The predicted molar refractivity (Wildman–Crippen MR) is 72.8 cm³/mol. The average Bonchev–Trinajstić information content (AvgIpc) is 2.39. The molecule has 0 fully saturated rings. The van der Waals surface area contributed by atoms with Crippen LogP contribution in [0.15, 0.2) is 23.2 Å². The average molecular weight is 287 g/mol. The first kappa shape index (κ1) is 16.2. The van der Waals surface area contributed by atoms with E-state index in [0.717, 1.165) is 12.1 Å². The quantitative estimate of drug-likeness (QED) is 0.450. The Balaban J connectivity index is 2.31. The Labute approximate surface area is 116 Å². The molecule has 0 aliphatic rings. The normalized spacial score (nSPS) is 13.1. The molecular formula is C13H19F2N3O2. The molecule has 0 aromatic heterocycles. The van der Waals surface area contributed by atoms with Crippen molar-refractivity contribution in [2.45, 2.75) is 13.0 Å². The molecule has 1 rings (SSSR count). The lowest BCUT2D eigenvalue weighted by molar-refractivity contribution is 0.179. The second-order valence-corrected chi connectivity index (χ2v) is 4.19. The van der Waals surface area contributed by atoms with Gasteiger partial charge in [-0.1, -0.05) is 0 Å². The van der Waals surface area contributed by atoms with Crippen LogP contribution >= 0.6 is 0 Å². The van der Waals surface area contributed by atoms with Gasteiger partial charge in [0.05, 0.1) is 13.2 Å². The van der Waals surface area contributed by atoms with E-state index in [9.17, 15) is 8.78 Å². The largest absolute Gasteiger partial charge is 0.492 e. The second kappa shape index (κ2) is 8.31. The number of benzene rings is 1. The minimum absolute atomic E-state index is 0.0517. The van der Waals surface area contributed by atoms with Gasteiger partial charge in [0.25, 0.3) is 0 Å². The highest BCUT2D eigenvalue weighted by Crippen LogP contribution is 2.14. The molecule has 0 saturated heterocycles. The summed E-state index contributed by atoms with van der Waals surface area (Å²) in [5.41, 5.74) is 5.65. The SMILES string of the molecule is COCC(C)NC(N)=NCCOc1ccc(F)c(F)c1. The zero-order valence-corrected chi connectivity index (χ0v) is 11.5. The van der Waals surface area contributed by atoms with Crippen LogP contribution in [0, 0.1) is 11.6 Å². The van der Waals surface area contributed by atoms with Crippen molar-refractivity contribution in [1.29, 1.82) is 0 Å². The molecule has 20 heavy (non-hydrogen) atoms. The van der Waals surface area contributed by atoms with Crippen molar-refractivity contribution in [3.63, 3.8) is 0 Å². The molecule has 112 valence electrons. The van der Waals surface area contributed by atoms with Crippen LogP contribution in [0.3, 0.4) is 0 Å². The zero-order valence-electron chi connectivity index (χ0n) is 11.5. The standard InChI is InChI=1S/C13H19F2N3O2/c1-9(8-19-2)18-13(16)17-5-6-20-10-3-4-11(14)12(15)7-10/h3-4,7,9H,5-6,8H2,1-2H3,(H3,16,17,18). The van der Waals surface area contributed by atoms with Crippen molar-refractivity contribution in [2.75, 3.05) is 26.9 Å². The molecule has 7 heteroatoms. The van der Waals surface area contributed by atoms with Crippen LogP contribution in [-0.4, -0.2) is 38.9 Å². The van der Waals surface area contributed by atoms with Gasteiger partial charge in [-0.3, -0.25) is 0 Å². The van der Waals surface area contributed by atoms with Crippen LogP contribution in [0.25, 0.3) is 0 Å². The molecule has 0 amide bonds. The van der Waals surface area contributed by atoms with Gasteiger partial charge in [-0.05, 0) is 19.1 Å². The maximum Gasteiger partial charge on any atom is 0.188 e. The fraction of sp³-hybridized carbons (Fsp3) is 0.462. The Morgan fingerprint density at radius 2 is 2.15 bits per heavy atom. The summed E-state index contributed by atoms with van der Waals surface area (Å²) in [5.74, 6) is -1.32. The van der Waals surface area contributed by atoms with Crippen molar-refractivity contribution in [2.24, 2.45) is 10.7 Å². The van der Waals surface area contributed by atoms with Gasteiger partial charge in [0.1, 0.15) is 12.4 Å². The maximum absolute atomic E-state index is 12.9. The van der Waals surface area contributed by atoms with E-state index in [1.54, 1.807) is 7.11 Å². The molecule has 0 aliphatic heterocycles. The smallest absolute Gasteiger partial charge is 0.188 e. The van der Waals surface area contributed by atoms with Gasteiger partial charge < -0.3 is 20.5 Å². The third-order valence-corrected chi connectivity index (χ3v) is 2.34. The number of ether oxygens (including phenoxy) is 2. The number of guanidine groups is 1. The number of methoxy groups -OCH3 is 1.